The molecule has 6 rings (SSSR count). The number of benzene rings is 4. The van der Waals surface area contributed by atoms with E-state index in [1.165, 1.54) is 29.4 Å². The molecule has 2 heterocycles. The molecule has 1 atom stereocenters. The Morgan fingerprint density at radius 1 is 0.721 bits per heavy atom. The molecular formula is C32H20F7N3O. The number of oxime groups is 1. The molecule has 4 nitrogen and oxygen atoms in total. The number of halogens is 7. The summed E-state index contributed by atoms with van der Waals surface area (Å²) < 4.78 is 97.4. The minimum absolute atomic E-state index is 0.0622. The topological polar surface area (TPSA) is 37.7 Å². The summed E-state index contributed by atoms with van der Waals surface area (Å²) in [5, 5.41) is 5.75. The Balaban J connectivity index is 1.52. The van der Waals surface area contributed by atoms with E-state index in [0.29, 0.717) is 28.8 Å². The fourth-order valence-corrected chi connectivity index (χ4v) is 5.14. The highest BCUT2D eigenvalue weighted by molar-refractivity contribution is 6.10. The molecule has 1 aromatic heterocycles. The van der Waals surface area contributed by atoms with E-state index in [2.05, 4.69) is 10.1 Å². The van der Waals surface area contributed by atoms with E-state index in [1.54, 1.807) is 36.4 Å². The van der Waals surface area contributed by atoms with Gasteiger partial charge in [0.25, 0.3) is 0 Å². The van der Waals surface area contributed by atoms with Gasteiger partial charge in [0, 0.05) is 29.1 Å². The molecule has 218 valence electrons. The Morgan fingerprint density at radius 3 is 2.09 bits per heavy atom. The lowest BCUT2D eigenvalue weighted by Crippen LogP contribution is -2.31. The maximum atomic E-state index is 14.8. The van der Waals surface area contributed by atoms with Crippen molar-refractivity contribution in [2.45, 2.75) is 25.1 Å². The Hall–Kier alpha value is -4.93. The van der Waals surface area contributed by atoms with Gasteiger partial charge in [-0.25, -0.2) is 4.39 Å². The molecule has 0 bridgehead atoms. The summed E-state index contributed by atoms with van der Waals surface area (Å²) in [6.45, 7) is -0.137. The normalized spacial score (nSPS) is 15.5. The summed E-state index contributed by atoms with van der Waals surface area (Å²) in [4.78, 5) is 11.2. The molecule has 0 saturated carbocycles. The van der Waals surface area contributed by atoms with Crippen LogP contribution in [0, 0.1) is 5.82 Å². The highest BCUT2D eigenvalue weighted by atomic mass is 19.4. The highest BCUT2D eigenvalue weighted by Crippen LogP contribution is 2.41. The van der Waals surface area contributed by atoms with Crippen molar-refractivity contribution in [2.24, 2.45) is 5.16 Å². The zero-order chi connectivity index (χ0) is 30.4. The van der Waals surface area contributed by atoms with Crippen molar-refractivity contribution in [3.05, 3.63) is 137 Å². The van der Waals surface area contributed by atoms with Crippen LogP contribution in [-0.4, -0.2) is 15.7 Å². The number of rotatable bonds is 5. The van der Waals surface area contributed by atoms with E-state index in [-0.39, 0.29) is 24.0 Å². The molecule has 0 fully saturated rings. The fourth-order valence-electron chi connectivity index (χ4n) is 5.14. The summed E-state index contributed by atoms with van der Waals surface area (Å²) >= 11 is 0. The van der Waals surface area contributed by atoms with Gasteiger partial charge in [0.2, 0.25) is 6.23 Å². The quantitative estimate of drug-likeness (QED) is 0.190. The summed E-state index contributed by atoms with van der Waals surface area (Å²) in [7, 11) is 0. The van der Waals surface area contributed by atoms with Crippen LogP contribution in [-0.2, 0) is 23.7 Å². The standard InChI is InChI=1S/C32H20F7N3O/c33-28-11-4-3-9-26(28)25-12-13-40-17-21(25)18-42-29(27-10-5-7-19-6-1-2-8-24(19)27)41-43-30(42)20-14-22(31(34,35)36)16-23(15-20)32(37,38)39/h1-17,30H,18H2. The van der Waals surface area contributed by atoms with Gasteiger partial charge in [-0.15, -0.1) is 0 Å². The van der Waals surface area contributed by atoms with Crippen molar-refractivity contribution < 1.29 is 35.6 Å². The molecule has 0 N–H and O–H groups in total. The zero-order valence-electron chi connectivity index (χ0n) is 22.0. The maximum Gasteiger partial charge on any atom is 0.416 e. The lowest BCUT2D eigenvalue weighted by atomic mass is 9.98. The number of hydrogen-bond donors (Lipinski definition) is 0. The van der Waals surface area contributed by atoms with Crippen molar-refractivity contribution in [2.75, 3.05) is 0 Å². The summed E-state index contributed by atoms with van der Waals surface area (Å²) in [6, 6.07) is 21.6. The number of amidine groups is 1. The van der Waals surface area contributed by atoms with Crippen molar-refractivity contribution in [3.63, 3.8) is 0 Å². The fraction of sp³-hybridized carbons (Fsp3) is 0.125. The van der Waals surface area contributed by atoms with Gasteiger partial charge in [-0.05, 0) is 52.2 Å². The molecule has 0 spiro atoms. The largest absolute Gasteiger partial charge is 0.416 e. The van der Waals surface area contributed by atoms with Crippen LogP contribution in [0.3, 0.4) is 0 Å². The predicted octanol–water partition coefficient (Wildman–Crippen LogP) is 8.97. The first-order valence-electron chi connectivity index (χ1n) is 13.0. The average molecular weight is 596 g/mol. The van der Waals surface area contributed by atoms with Crippen LogP contribution in [0.5, 0.6) is 0 Å². The number of alkyl halides is 6. The second-order valence-corrected chi connectivity index (χ2v) is 9.88. The summed E-state index contributed by atoms with van der Waals surface area (Å²) in [5.41, 5.74) is -1.69. The summed E-state index contributed by atoms with van der Waals surface area (Å²) in [5.74, 6) is -0.337. The molecule has 1 aliphatic rings. The second-order valence-electron chi connectivity index (χ2n) is 9.88. The van der Waals surface area contributed by atoms with Gasteiger partial charge in [0.15, 0.2) is 5.84 Å². The minimum Gasteiger partial charge on any atom is -0.363 e. The van der Waals surface area contributed by atoms with Gasteiger partial charge in [-0.2, -0.15) is 26.3 Å². The number of aromatic nitrogens is 1. The molecule has 4 aromatic carbocycles. The third kappa shape index (κ3) is 5.50. The van der Waals surface area contributed by atoms with Gasteiger partial charge < -0.3 is 9.74 Å². The third-order valence-corrected chi connectivity index (χ3v) is 7.13. The molecular weight excluding hydrogens is 575 g/mol. The van der Waals surface area contributed by atoms with Crippen molar-refractivity contribution in [1.29, 1.82) is 0 Å². The molecule has 0 aliphatic carbocycles. The Labute approximate surface area is 240 Å². The van der Waals surface area contributed by atoms with Crippen molar-refractivity contribution in [3.8, 4) is 11.1 Å². The average Bonchev–Trinajstić information content (AvgIpc) is 3.39. The predicted molar refractivity (Wildman–Crippen MR) is 146 cm³/mol. The molecule has 1 unspecified atom stereocenters. The van der Waals surface area contributed by atoms with Crippen LogP contribution in [0.1, 0.15) is 34.0 Å². The minimum atomic E-state index is -5.06. The number of nitrogens with zero attached hydrogens (tertiary/aromatic N) is 3. The Morgan fingerprint density at radius 2 is 1.37 bits per heavy atom. The first-order valence-corrected chi connectivity index (χ1v) is 13.0. The molecule has 0 saturated heterocycles. The monoisotopic (exact) mass is 595 g/mol. The molecule has 0 amide bonds. The van der Waals surface area contributed by atoms with Crippen LogP contribution >= 0.6 is 0 Å². The lowest BCUT2D eigenvalue weighted by molar-refractivity contribution is -0.143. The molecule has 11 heteroatoms. The van der Waals surface area contributed by atoms with Crippen LogP contribution < -0.4 is 0 Å². The van der Waals surface area contributed by atoms with E-state index in [1.807, 2.05) is 24.3 Å². The van der Waals surface area contributed by atoms with E-state index in [0.717, 1.165) is 10.8 Å². The van der Waals surface area contributed by atoms with Crippen LogP contribution in [0.4, 0.5) is 30.7 Å². The van der Waals surface area contributed by atoms with E-state index < -0.39 is 41.1 Å². The maximum absolute atomic E-state index is 14.8. The molecule has 1 aliphatic heterocycles. The Bertz CT molecular complexity index is 1810. The number of pyridine rings is 1. The van der Waals surface area contributed by atoms with Gasteiger partial charge in [0.1, 0.15) is 5.82 Å². The molecule has 5 aromatic rings. The van der Waals surface area contributed by atoms with Crippen LogP contribution in [0.25, 0.3) is 21.9 Å². The number of fused-ring (bicyclic) bond motifs is 1. The lowest BCUT2D eigenvalue weighted by Gasteiger charge is -2.28. The van der Waals surface area contributed by atoms with Crippen molar-refractivity contribution >= 4 is 16.6 Å². The van der Waals surface area contributed by atoms with Gasteiger partial charge in [-0.3, -0.25) is 4.98 Å². The van der Waals surface area contributed by atoms with Gasteiger partial charge in [0.05, 0.1) is 17.7 Å². The first kappa shape index (κ1) is 28.2. The van der Waals surface area contributed by atoms with Gasteiger partial charge >= 0.3 is 12.4 Å². The van der Waals surface area contributed by atoms with E-state index in [9.17, 15) is 30.7 Å². The van der Waals surface area contributed by atoms with E-state index in [4.69, 9.17) is 4.84 Å². The Kier molecular flexibility index (Phi) is 7.03. The second kappa shape index (κ2) is 10.7. The third-order valence-electron chi connectivity index (χ3n) is 7.13. The van der Waals surface area contributed by atoms with Crippen LogP contribution in [0.2, 0.25) is 0 Å². The van der Waals surface area contributed by atoms with E-state index >= 15 is 0 Å². The SMILES string of the molecule is Fc1ccccc1-c1ccncc1CN1C(c2cccc3ccccc23)=NOC1c1cc(C(F)(F)F)cc(C(F)(F)F)c1. The molecule has 0 radical (unpaired) electrons. The van der Waals surface area contributed by atoms with Crippen molar-refractivity contribution in [1.82, 2.24) is 9.88 Å². The number of hydrogen-bond acceptors (Lipinski definition) is 4. The summed E-state index contributed by atoms with van der Waals surface area (Å²) in [6.07, 6.45) is -8.66. The first-order chi connectivity index (χ1) is 20.5. The highest BCUT2D eigenvalue weighted by Gasteiger charge is 2.40. The van der Waals surface area contributed by atoms with Gasteiger partial charge in [-0.1, -0.05) is 65.8 Å². The molecule has 43 heavy (non-hydrogen) atoms. The van der Waals surface area contributed by atoms with Crippen LogP contribution in [0.15, 0.2) is 109 Å². The smallest absolute Gasteiger partial charge is 0.363 e. The zero-order valence-corrected chi connectivity index (χ0v) is 22.0.